The number of carbonyl (C=O) groups excluding carboxylic acids is 1. The number of pyridine rings is 1. The second-order valence-corrected chi connectivity index (χ2v) is 5.08. The van der Waals surface area contributed by atoms with Crippen molar-refractivity contribution in [3.63, 3.8) is 0 Å². The fraction of sp³-hybridized carbons (Fsp3) is 0.143. The van der Waals surface area contributed by atoms with Crippen LogP contribution in [0.15, 0.2) is 36.5 Å². The Morgan fingerprint density at radius 1 is 1.35 bits per heavy atom. The van der Waals surface area contributed by atoms with E-state index in [1.165, 1.54) is 4.90 Å². The van der Waals surface area contributed by atoms with Crippen LogP contribution in [-0.2, 0) is 6.54 Å². The summed E-state index contributed by atoms with van der Waals surface area (Å²) >= 11 is 11.7. The summed E-state index contributed by atoms with van der Waals surface area (Å²) in [7, 11) is 1.60. The van der Waals surface area contributed by atoms with E-state index in [0.29, 0.717) is 11.6 Å². The van der Waals surface area contributed by atoms with Gasteiger partial charge < -0.3 is 4.90 Å². The number of hydrogen-bond acceptors (Lipinski definition) is 2. The van der Waals surface area contributed by atoms with E-state index in [1.54, 1.807) is 25.2 Å². The Morgan fingerprint density at radius 2 is 2.10 bits per heavy atom. The van der Waals surface area contributed by atoms with Crippen molar-refractivity contribution in [2.75, 3.05) is 7.05 Å². The summed E-state index contributed by atoms with van der Waals surface area (Å²) in [5.74, 6) is -1.00. The monoisotopic (exact) mass is 312 g/mol. The highest BCUT2D eigenvalue weighted by atomic mass is 35.5. The van der Waals surface area contributed by atoms with Crippen LogP contribution in [0.1, 0.15) is 15.9 Å². The Balaban J connectivity index is 2.18. The molecule has 0 aliphatic heterocycles. The van der Waals surface area contributed by atoms with Gasteiger partial charge in [0.05, 0.1) is 11.8 Å². The van der Waals surface area contributed by atoms with Crippen molar-refractivity contribution in [3.05, 3.63) is 63.6 Å². The van der Waals surface area contributed by atoms with Gasteiger partial charge in [0.15, 0.2) is 0 Å². The third kappa shape index (κ3) is 3.46. The maximum Gasteiger partial charge on any atom is 0.257 e. The third-order valence-corrected chi connectivity index (χ3v) is 3.23. The van der Waals surface area contributed by atoms with Gasteiger partial charge in [-0.15, -0.1) is 0 Å². The molecule has 0 aliphatic rings. The highest BCUT2D eigenvalue weighted by molar-refractivity contribution is 6.32. The molecular weight excluding hydrogens is 302 g/mol. The number of aromatic nitrogens is 1. The van der Waals surface area contributed by atoms with Crippen molar-refractivity contribution < 1.29 is 9.18 Å². The van der Waals surface area contributed by atoms with Gasteiger partial charge in [-0.3, -0.25) is 4.79 Å². The largest absolute Gasteiger partial charge is 0.337 e. The van der Waals surface area contributed by atoms with Gasteiger partial charge in [0, 0.05) is 18.6 Å². The molecule has 2 rings (SSSR count). The van der Waals surface area contributed by atoms with Crippen molar-refractivity contribution >= 4 is 29.1 Å². The average molecular weight is 313 g/mol. The van der Waals surface area contributed by atoms with E-state index in [-0.39, 0.29) is 10.7 Å². The maximum absolute atomic E-state index is 13.1. The molecule has 1 heterocycles. The van der Waals surface area contributed by atoms with Gasteiger partial charge in [0.2, 0.25) is 0 Å². The van der Waals surface area contributed by atoms with Crippen LogP contribution < -0.4 is 0 Å². The summed E-state index contributed by atoms with van der Waals surface area (Å²) in [5, 5.41) is 0.572. The molecule has 0 fully saturated rings. The Kier molecular flexibility index (Phi) is 4.57. The maximum atomic E-state index is 13.1. The zero-order chi connectivity index (χ0) is 14.7. The van der Waals surface area contributed by atoms with E-state index in [4.69, 9.17) is 23.2 Å². The summed E-state index contributed by atoms with van der Waals surface area (Å²) < 4.78 is 13.1. The predicted octanol–water partition coefficient (Wildman–Crippen LogP) is 3.80. The Hall–Kier alpha value is -1.65. The van der Waals surface area contributed by atoms with Gasteiger partial charge in [-0.25, -0.2) is 9.37 Å². The summed E-state index contributed by atoms with van der Waals surface area (Å²) in [6.07, 6.45) is 0.968. The van der Waals surface area contributed by atoms with Gasteiger partial charge >= 0.3 is 0 Å². The van der Waals surface area contributed by atoms with Crippen molar-refractivity contribution in [3.8, 4) is 0 Å². The molecule has 0 bridgehead atoms. The van der Waals surface area contributed by atoms with Crippen molar-refractivity contribution in [1.82, 2.24) is 9.88 Å². The lowest BCUT2D eigenvalue weighted by Crippen LogP contribution is -2.26. The van der Waals surface area contributed by atoms with Crippen LogP contribution in [0.2, 0.25) is 10.2 Å². The molecule has 0 unspecified atom stereocenters. The SMILES string of the molecule is CN(Cc1cccc(Cl)c1)C(=O)c1cc(F)cnc1Cl. The first kappa shape index (κ1) is 14.8. The fourth-order valence-electron chi connectivity index (χ4n) is 1.76. The lowest BCUT2D eigenvalue weighted by molar-refractivity contribution is 0.0784. The van der Waals surface area contributed by atoms with Crippen LogP contribution in [0.25, 0.3) is 0 Å². The molecule has 104 valence electrons. The molecule has 1 amide bonds. The van der Waals surface area contributed by atoms with Gasteiger partial charge in [-0.2, -0.15) is 0 Å². The van der Waals surface area contributed by atoms with Gasteiger partial charge in [0.1, 0.15) is 11.0 Å². The van der Waals surface area contributed by atoms with E-state index < -0.39 is 11.7 Å². The number of halogens is 3. The number of amides is 1. The molecule has 3 nitrogen and oxygen atoms in total. The second kappa shape index (κ2) is 6.20. The number of carbonyl (C=O) groups is 1. The molecular formula is C14H11Cl2FN2O. The van der Waals surface area contributed by atoms with Crippen LogP contribution in [0.3, 0.4) is 0 Å². The van der Waals surface area contributed by atoms with E-state index >= 15 is 0 Å². The quantitative estimate of drug-likeness (QED) is 0.808. The zero-order valence-electron chi connectivity index (χ0n) is 10.6. The van der Waals surface area contributed by atoms with Crippen LogP contribution in [-0.4, -0.2) is 22.8 Å². The van der Waals surface area contributed by atoms with Crippen LogP contribution in [0.5, 0.6) is 0 Å². The summed E-state index contributed by atoms with van der Waals surface area (Å²) in [5.41, 5.74) is 0.907. The van der Waals surface area contributed by atoms with Gasteiger partial charge in [-0.05, 0) is 23.8 Å². The molecule has 0 saturated heterocycles. The van der Waals surface area contributed by atoms with Crippen molar-refractivity contribution in [1.29, 1.82) is 0 Å². The highest BCUT2D eigenvalue weighted by Gasteiger charge is 2.17. The van der Waals surface area contributed by atoms with Crippen LogP contribution >= 0.6 is 23.2 Å². The summed E-state index contributed by atoms with van der Waals surface area (Å²) in [6.45, 7) is 0.340. The molecule has 1 aromatic carbocycles. The van der Waals surface area contributed by atoms with Crippen LogP contribution in [0.4, 0.5) is 4.39 Å². The minimum absolute atomic E-state index is 0.0191. The topological polar surface area (TPSA) is 33.2 Å². The molecule has 20 heavy (non-hydrogen) atoms. The number of nitrogens with zero attached hydrogens (tertiary/aromatic N) is 2. The lowest BCUT2D eigenvalue weighted by Gasteiger charge is -2.18. The average Bonchev–Trinajstić information content (AvgIpc) is 2.40. The third-order valence-electron chi connectivity index (χ3n) is 2.69. The Morgan fingerprint density at radius 3 is 2.80 bits per heavy atom. The zero-order valence-corrected chi connectivity index (χ0v) is 12.1. The second-order valence-electron chi connectivity index (χ2n) is 4.28. The minimum atomic E-state index is -0.603. The first-order chi connectivity index (χ1) is 9.47. The molecule has 0 atom stereocenters. The molecule has 0 radical (unpaired) electrons. The standard InChI is InChI=1S/C14H11Cl2FN2O/c1-19(8-9-3-2-4-10(15)5-9)14(20)12-6-11(17)7-18-13(12)16/h2-7H,8H2,1H3. The fourth-order valence-corrected chi connectivity index (χ4v) is 2.16. The smallest absolute Gasteiger partial charge is 0.257 e. The molecule has 1 aromatic heterocycles. The summed E-state index contributed by atoms with van der Waals surface area (Å²) in [4.78, 5) is 17.3. The number of rotatable bonds is 3. The van der Waals surface area contributed by atoms with Crippen molar-refractivity contribution in [2.24, 2.45) is 0 Å². The number of hydrogen-bond donors (Lipinski definition) is 0. The molecule has 0 saturated carbocycles. The molecule has 2 aromatic rings. The van der Waals surface area contributed by atoms with Gasteiger partial charge in [0.25, 0.3) is 5.91 Å². The van der Waals surface area contributed by atoms with E-state index in [9.17, 15) is 9.18 Å². The summed E-state index contributed by atoms with van der Waals surface area (Å²) in [6, 6.07) is 8.23. The minimum Gasteiger partial charge on any atom is -0.337 e. The van der Waals surface area contributed by atoms with Crippen molar-refractivity contribution in [2.45, 2.75) is 6.54 Å². The van der Waals surface area contributed by atoms with E-state index in [1.807, 2.05) is 6.07 Å². The van der Waals surface area contributed by atoms with E-state index in [0.717, 1.165) is 17.8 Å². The predicted molar refractivity (Wildman–Crippen MR) is 76.5 cm³/mol. The first-order valence-corrected chi connectivity index (χ1v) is 6.54. The number of benzene rings is 1. The van der Waals surface area contributed by atoms with E-state index in [2.05, 4.69) is 4.98 Å². The highest BCUT2D eigenvalue weighted by Crippen LogP contribution is 2.18. The Labute approximate surface area is 125 Å². The molecule has 6 heteroatoms. The first-order valence-electron chi connectivity index (χ1n) is 5.78. The van der Waals surface area contributed by atoms with Gasteiger partial charge in [-0.1, -0.05) is 35.3 Å². The molecule has 0 N–H and O–H groups in total. The lowest BCUT2D eigenvalue weighted by atomic mass is 10.2. The normalized spacial score (nSPS) is 10.4. The molecule has 0 aliphatic carbocycles. The van der Waals surface area contributed by atoms with Crippen LogP contribution in [0, 0.1) is 5.82 Å². The molecule has 0 spiro atoms. The Bertz CT molecular complexity index is 649.